The lowest BCUT2D eigenvalue weighted by molar-refractivity contribution is 0.0979. The van der Waals surface area contributed by atoms with E-state index in [1.165, 1.54) is 22.3 Å². The van der Waals surface area contributed by atoms with E-state index in [-0.39, 0.29) is 11.7 Å². The number of hydrogen-bond acceptors (Lipinski definition) is 1. The number of fused-ring (bicyclic) bond motifs is 1. The van der Waals surface area contributed by atoms with Crippen LogP contribution in [0.5, 0.6) is 0 Å². The maximum atomic E-state index is 12.8. The average molecular weight is 310 g/mol. The van der Waals surface area contributed by atoms with Crippen molar-refractivity contribution in [1.29, 1.82) is 0 Å². The number of benzene rings is 3. The lowest BCUT2D eigenvalue weighted by Crippen LogP contribution is -2.07. The van der Waals surface area contributed by atoms with Crippen LogP contribution in [0.25, 0.3) is 11.6 Å². The zero-order chi connectivity index (χ0) is 16.4. The summed E-state index contributed by atoms with van der Waals surface area (Å²) in [4.78, 5) is 12.8. The summed E-state index contributed by atoms with van der Waals surface area (Å²) in [6, 6.07) is 28.3. The summed E-state index contributed by atoms with van der Waals surface area (Å²) in [7, 11) is 0. The zero-order valence-corrected chi connectivity index (χ0v) is 13.4. The molecule has 0 saturated heterocycles. The second-order valence-corrected chi connectivity index (χ2v) is 6.14. The lowest BCUT2D eigenvalue weighted by Gasteiger charge is -2.17. The van der Waals surface area contributed by atoms with Crippen LogP contribution in [0.3, 0.4) is 0 Å². The van der Waals surface area contributed by atoms with Gasteiger partial charge in [-0.25, -0.2) is 0 Å². The van der Waals surface area contributed by atoms with Crippen LogP contribution >= 0.6 is 0 Å². The first kappa shape index (κ1) is 14.6. The third-order valence-electron chi connectivity index (χ3n) is 4.65. The Labute approximate surface area is 142 Å². The van der Waals surface area contributed by atoms with E-state index in [1.807, 2.05) is 36.4 Å². The molecule has 1 aliphatic rings. The Hall–Kier alpha value is -2.93. The van der Waals surface area contributed by atoms with E-state index >= 15 is 0 Å². The highest BCUT2D eigenvalue weighted by Gasteiger charge is 2.28. The van der Waals surface area contributed by atoms with E-state index in [2.05, 4.69) is 54.6 Å². The predicted octanol–water partition coefficient (Wildman–Crippen LogP) is 5.60. The smallest absolute Gasteiger partial charge is 0.163 e. The third-order valence-corrected chi connectivity index (χ3v) is 4.65. The number of Topliss-reactive ketones (excluding diaryl/α,β-unsaturated/α-hetero) is 1. The highest BCUT2D eigenvalue weighted by Crippen LogP contribution is 2.44. The number of carbonyl (C=O) groups excluding carboxylic acids is 1. The Bertz CT molecular complexity index is 892. The first-order valence-corrected chi connectivity index (χ1v) is 8.27. The first-order valence-electron chi connectivity index (χ1n) is 8.27. The molecule has 0 aromatic heterocycles. The molecule has 0 saturated carbocycles. The minimum absolute atomic E-state index is 0.122. The molecule has 3 aromatic rings. The SMILES string of the molecule is O=C(CC1C(c2ccccc2)=Cc2ccccc21)c1ccccc1. The largest absolute Gasteiger partial charge is 0.294 e. The third kappa shape index (κ3) is 2.69. The van der Waals surface area contributed by atoms with Crippen molar-refractivity contribution in [2.45, 2.75) is 12.3 Å². The van der Waals surface area contributed by atoms with Crippen LogP contribution in [0, 0.1) is 0 Å². The molecule has 0 radical (unpaired) electrons. The summed E-state index contributed by atoms with van der Waals surface area (Å²) in [5, 5.41) is 0. The van der Waals surface area contributed by atoms with Crippen molar-refractivity contribution in [3.63, 3.8) is 0 Å². The van der Waals surface area contributed by atoms with Gasteiger partial charge in [0.1, 0.15) is 0 Å². The Morgan fingerprint density at radius 2 is 1.38 bits per heavy atom. The van der Waals surface area contributed by atoms with Gasteiger partial charge in [0, 0.05) is 17.9 Å². The number of allylic oxidation sites excluding steroid dienone is 1. The van der Waals surface area contributed by atoms with Gasteiger partial charge in [0.05, 0.1) is 0 Å². The maximum Gasteiger partial charge on any atom is 0.163 e. The Morgan fingerprint density at radius 3 is 2.12 bits per heavy atom. The molecule has 0 heterocycles. The lowest BCUT2D eigenvalue weighted by atomic mass is 9.86. The predicted molar refractivity (Wildman–Crippen MR) is 98.9 cm³/mol. The highest BCUT2D eigenvalue weighted by molar-refractivity contribution is 6.00. The van der Waals surface area contributed by atoms with E-state index in [0.29, 0.717) is 6.42 Å². The molecule has 0 spiro atoms. The van der Waals surface area contributed by atoms with E-state index in [1.54, 1.807) is 0 Å². The number of hydrogen-bond donors (Lipinski definition) is 0. The molecule has 1 atom stereocenters. The molecule has 1 aliphatic carbocycles. The second-order valence-electron chi connectivity index (χ2n) is 6.14. The highest BCUT2D eigenvalue weighted by atomic mass is 16.1. The summed E-state index contributed by atoms with van der Waals surface area (Å²) >= 11 is 0. The molecule has 0 N–H and O–H groups in total. The van der Waals surface area contributed by atoms with Gasteiger partial charge < -0.3 is 0 Å². The van der Waals surface area contributed by atoms with Gasteiger partial charge in [-0.05, 0) is 22.3 Å². The van der Waals surface area contributed by atoms with Crippen molar-refractivity contribution in [1.82, 2.24) is 0 Å². The van der Waals surface area contributed by atoms with Gasteiger partial charge >= 0.3 is 0 Å². The van der Waals surface area contributed by atoms with Gasteiger partial charge in [-0.15, -0.1) is 0 Å². The van der Waals surface area contributed by atoms with Crippen LogP contribution in [-0.2, 0) is 0 Å². The van der Waals surface area contributed by atoms with Crippen molar-refractivity contribution in [2.24, 2.45) is 0 Å². The summed E-state index contributed by atoms with van der Waals surface area (Å²) in [5.41, 5.74) is 5.69. The van der Waals surface area contributed by atoms with Crippen molar-refractivity contribution < 1.29 is 4.79 Å². The summed E-state index contributed by atoms with van der Waals surface area (Å²) < 4.78 is 0. The quantitative estimate of drug-likeness (QED) is 0.573. The molecule has 0 bridgehead atoms. The standard InChI is InChI=1S/C23H18O/c24-23(18-11-5-2-6-12-18)16-22-20-14-8-7-13-19(20)15-21(22)17-9-3-1-4-10-17/h1-15,22H,16H2. The average Bonchev–Trinajstić information content (AvgIpc) is 3.02. The van der Waals surface area contributed by atoms with Gasteiger partial charge in [-0.2, -0.15) is 0 Å². The van der Waals surface area contributed by atoms with E-state index in [0.717, 1.165) is 5.56 Å². The molecular weight excluding hydrogens is 292 g/mol. The van der Waals surface area contributed by atoms with Crippen LogP contribution in [-0.4, -0.2) is 5.78 Å². The monoisotopic (exact) mass is 310 g/mol. The van der Waals surface area contributed by atoms with E-state index in [9.17, 15) is 4.79 Å². The fourth-order valence-electron chi connectivity index (χ4n) is 3.46. The fourth-order valence-corrected chi connectivity index (χ4v) is 3.46. The molecule has 3 aromatic carbocycles. The summed E-state index contributed by atoms with van der Waals surface area (Å²) in [6.45, 7) is 0. The minimum atomic E-state index is 0.122. The van der Waals surface area contributed by atoms with Gasteiger partial charge in [-0.1, -0.05) is 91.0 Å². The van der Waals surface area contributed by atoms with Crippen molar-refractivity contribution in [3.05, 3.63) is 107 Å². The van der Waals surface area contributed by atoms with Gasteiger partial charge in [0.25, 0.3) is 0 Å². The normalized spacial score (nSPS) is 15.7. The van der Waals surface area contributed by atoms with Crippen LogP contribution in [0.1, 0.15) is 39.4 Å². The molecule has 1 heteroatoms. The topological polar surface area (TPSA) is 17.1 Å². The maximum absolute atomic E-state index is 12.8. The van der Waals surface area contributed by atoms with Crippen molar-refractivity contribution in [3.8, 4) is 0 Å². The Kier molecular flexibility index (Phi) is 3.84. The minimum Gasteiger partial charge on any atom is -0.294 e. The molecular formula is C23H18O. The van der Waals surface area contributed by atoms with Crippen LogP contribution in [0.15, 0.2) is 84.9 Å². The molecule has 4 rings (SSSR count). The Morgan fingerprint density at radius 1 is 0.750 bits per heavy atom. The van der Waals surface area contributed by atoms with Crippen LogP contribution < -0.4 is 0 Å². The molecule has 24 heavy (non-hydrogen) atoms. The summed E-state index contributed by atoms with van der Waals surface area (Å²) in [5.74, 6) is 0.315. The zero-order valence-electron chi connectivity index (χ0n) is 13.4. The second kappa shape index (κ2) is 6.29. The molecule has 0 amide bonds. The summed E-state index contributed by atoms with van der Waals surface area (Å²) in [6.07, 6.45) is 2.73. The van der Waals surface area contributed by atoms with Gasteiger partial charge in [0.15, 0.2) is 5.78 Å². The molecule has 0 fully saturated rings. The van der Waals surface area contributed by atoms with Gasteiger partial charge in [-0.3, -0.25) is 4.79 Å². The molecule has 1 nitrogen and oxygen atoms in total. The van der Waals surface area contributed by atoms with Crippen molar-refractivity contribution >= 4 is 17.4 Å². The van der Waals surface area contributed by atoms with E-state index in [4.69, 9.17) is 0 Å². The van der Waals surface area contributed by atoms with Crippen molar-refractivity contribution in [2.75, 3.05) is 0 Å². The van der Waals surface area contributed by atoms with Crippen LogP contribution in [0.4, 0.5) is 0 Å². The molecule has 0 aliphatic heterocycles. The van der Waals surface area contributed by atoms with E-state index < -0.39 is 0 Å². The number of carbonyl (C=O) groups is 1. The number of ketones is 1. The van der Waals surface area contributed by atoms with Gasteiger partial charge in [0.2, 0.25) is 0 Å². The van der Waals surface area contributed by atoms with Crippen LogP contribution in [0.2, 0.25) is 0 Å². The Balaban J connectivity index is 1.71. The molecule has 116 valence electrons. The first-order chi connectivity index (χ1) is 11.8. The fraction of sp³-hybridized carbons (Fsp3) is 0.0870. The number of rotatable bonds is 4. The molecule has 1 unspecified atom stereocenters.